The lowest BCUT2D eigenvalue weighted by molar-refractivity contribution is -0.121. The fourth-order valence-corrected chi connectivity index (χ4v) is 4.59. The quantitative estimate of drug-likeness (QED) is 0.267. The van der Waals surface area contributed by atoms with Gasteiger partial charge in [0.15, 0.2) is 12.4 Å². The number of carbonyl (C=O) groups is 4. The first-order chi connectivity index (χ1) is 17.0. The molecule has 35 heavy (non-hydrogen) atoms. The SMILES string of the molecule is COc1ccc(C(=O)COC(=O)c2ccc(N3C(=O)CC(NC4CCCCCC4)C3=O)cc2)cc1. The number of hydrogen-bond donors (Lipinski definition) is 1. The molecule has 1 saturated heterocycles. The van der Waals surface area contributed by atoms with Crippen molar-refractivity contribution < 1.29 is 28.7 Å². The Kier molecular flexibility index (Phi) is 7.92. The first-order valence-electron chi connectivity index (χ1n) is 12.0. The van der Waals surface area contributed by atoms with Crippen molar-refractivity contribution in [3.05, 3.63) is 59.7 Å². The van der Waals surface area contributed by atoms with Gasteiger partial charge in [-0.2, -0.15) is 0 Å². The van der Waals surface area contributed by atoms with E-state index in [1.165, 1.54) is 37.0 Å². The zero-order valence-corrected chi connectivity index (χ0v) is 19.8. The van der Waals surface area contributed by atoms with Gasteiger partial charge in [-0.1, -0.05) is 25.7 Å². The Bertz CT molecular complexity index is 1070. The van der Waals surface area contributed by atoms with Gasteiger partial charge in [0.25, 0.3) is 5.91 Å². The highest BCUT2D eigenvalue weighted by Gasteiger charge is 2.40. The van der Waals surface area contributed by atoms with Crippen molar-refractivity contribution in [1.29, 1.82) is 0 Å². The van der Waals surface area contributed by atoms with Gasteiger partial charge in [0.05, 0.1) is 30.8 Å². The number of esters is 1. The molecule has 1 atom stereocenters. The van der Waals surface area contributed by atoms with Crippen LogP contribution in [0.1, 0.15) is 65.7 Å². The molecule has 0 bridgehead atoms. The van der Waals surface area contributed by atoms with E-state index in [0.717, 1.165) is 25.7 Å². The molecular weight excluding hydrogens is 448 g/mol. The van der Waals surface area contributed by atoms with Crippen LogP contribution in [0.3, 0.4) is 0 Å². The van der Waals surface area contributed by atoms with Crippen molar-refractivity contribution in [3.63, 3.8) is 0 Å². The average Bonchev–Trinajstić information content (AvgIpc) is 3.03. The van der Waals surface area contributed by atoms with Crippen molar-refractivity contribution in [3.8, 4) is 5.75 Å². The lowest BCUT2D eigenvalue weighted by Gasteiger charge is -2.21. The van der Waals surface area contributed by atoms with E-state index in [2.05, 4.69) is 5.32 Å². The molecule has 2 fully saturated rings. The van der Waals surface area contributed by atoms with E-state index in [-0.39, 0.29) is 35.6 Å². The molecular formula is C27H30N2O6. The average molecular weight is 479 g/mol. The molecule has 8 nitrogen and oxygen atoms in total. The molecule has 1 aliphatic carbocycles. The molecule has 2 amide bonds. The number of amides is 2. The molecule has 1 N–H and O–H groups in total. The number of rotatable bonds is 8. The van der Waals surface area contributed by atoms with Crippen LogP contribution in [-0.2, 0) is 14.3 Å². The smallest absolute Gasteiger partial charge is 0.338 e. The van der Waals surface area contributed by atoms with E-state index >= 15 is 0 Å². The summed E-state index contributed by atoms with van der Waals surface area (Å²) in [4.78, 5) is 51.4. The zero-order chi connectivity index (χ0) is 24.8. The topological polar surface area (TPSA) is 102 Å². The number of ketones is 1. The maximum Gasteiger partial charge on any atom is 0.338 e. The molecule has 0 aromatic heterocycles. The minimum atomic E-state index is -0.662. The summed E-state index contributed by atoms with van der Waals surface area (Å²) in [6, 6.07) is 12.3. The number of imide groups is 1. The standard InChI is InChI=1S/C27H30N2O6/c1-34-22-14-10-18(11-15-22)24(30)17-35-27(33)19-8-12-21(13-9-19)29-25(31)16-23(26(29)32)28-20-6-4-2-3-5-7-20/h8-15,20,23,28H,2-7,16-17H2,1H3. The number of methoxy groups -OCH3 is 1. The summed E-state index contributed by atoms with van der Waals surface area (Å²) in [7, 11) is 1.53. The second-order valence-corrected chi connectivity index (χ2v) is 8.95. The Balaban J connectivity index is 1.33. The molecule has 8 heteroatoms. The van der Waals surface area contributed by atoms with Gasteiger partial charge in [0.1, 0.15) is 5.75 Å². The molecule has 0 spiro atoms. The number of nitrogens with one attached hydrogen (secondary N) is 1. The third-order valence-electron chi connectivity index (χ3n) is 6.55. The maximum absolute atomic E-state index is 13.0. The minimum absolute atomic E-state index is 0.132. The van der Waals surface area contributed by atoms with Crippen LogP contribution >= 0.6 is 0 Å². The Morgan fingerprint density at radius 3 is 2.17 bits per heavy atom. The van der Waals surface area contributed by atoms with Crippen LogP contribution < -0.4 is 15.0 Å². The Hall–Kier alpha value is -3.52. The molecule has 1 saturated carbocycles. The molecule has 1 aliphatic heterocycles. The Morgan fingerprint density at radius 1 is 0.914 bits per heavy atom. The van der Waals surface area contributed by atoms with Gasteiger partial charge in [-0.3, -0.25) is 14.4 Å². The summed E-state index contributed by atoms with van der Waals surface area (Å²) >= 11 is 0. The highest BCUT2D eigenvalue weighted by Crippen LogP contribution is 2.25. The fourth-order valence-electron chi connectivity index (χ4n) is 4.59. The molecule has 184 valence electrons. The Labute approximate surface area is 204 Å². The maximum atomic E-state index is 13.0. The molecule has 1 unspecified atom stereocenters. The number of Topliss-reactive ketones (excluding diaryl/α,β-unsaturated/α-hetero) is 1. The second kappa shape index (κ2) is 11.3. The Morgan fingerprint density at radius 2 is 1.54 bits per heavy atom. The van der Waals surface area contributed by atoms with E-state index in [1.807, 2.05) is 0 Å². The summed E-state index contributed by atoms with van der Waals surface area (Å²) < 4.78 is 10.2. The monoisotopic (exact) mass is 478 g/mol. The number of ether oxygens (including phenoxy) is 2. The largest absolute Gasteiger partial charge is 0.497 e. The first kappa shape index (κ1) is 24.6. The number of hydrogen-bond acceptors (Lipinski definition) is 7. The van der Waals surface area contributed by atoms with Crippen LogP contribution in [0.25, 0.3) is 0 Å². The summed E-state index contributed by atoms with van der Waals surface area (Å²) in [5, 5.41) is 3.39. The van der Waals surface area contributed by atoms with Gasteiger partial charge in [-0.05, 0) is 61.4 Å². The van der Waals surface area contributed by atoms with Crippen LogP contribution in [0.5, 0.6) is 5.75 Å². The third kappa shape index (κ3) is 5.95. The predicted octanol–water partition coefficient (Wildman–Crippen LogP) is 3.68. The lowest BCUT2D eigenvalue weighted by Crippen LogP contribution is -2.43. The zero-order valence-electron chi connectivity index (χ0n) is 19.8. The van der Waals surface area contributed by atoms with Crippen molar-refractivity contribution in [1.82, 2.24) is 5.32 Å². The van der Waals surface area contributed by atoms with Gasteiger partial charge in [-0.25, -0.2) is 9.69 Å². The van der Waals surface area contributed by atoms with Gasteiger partial charge in [0.2, 0.25) is 5.91 Å². The molecule has 0 radical (unpaired) electrons. The fraction of sp³-hybridized carbons (Fsp3) is 0.407. The molecule has 4 rings (SSSR count). The second-order valence-electron chi connectivity index (χ2n) is 8.95. The molecule has 1 heterocycles. The van der Waals surface area contributed by atoms with E-state index < -0.39 is 18.6 Å². The van der Waals surface area contributed by atoms with Crippen molar-refractivity contribution in [2.45, 2.75) is 57.0 Å². The summed E-state index contributed by atoms with van der Waals surface area (Å²) in [5.74, 6) is -0.898. The third-order valence-corrected chi connectivity index (χ3v) is 6.55. The molecule has 2 aliphatic rings. The van der Waals surface area contributed by atoms with E-state index in [4.69, 9.17) is 9.47 Å². The molecule has 2 aromatic carbocycles. The van der Waals surface area contributed by atoms with Crippen LogP contribution in [0.2, 0.25) is 0 Å². The van der Waals surface area contributed by atoms with Crippen molar-refractivity contribution in [2.24, 2.45) is 0 Å². The van der Waals surface area contributed by atoms with Crippen LogP contribution in [0, 0.1) is 0 Å². The van der Waals surface area contributed by atoms with Gasteiger partial charge in [0, 0.05) is 11.6 Å². The van der Waals surface area contributed by atoms with Crippen molar-refractivity contribution >= 4 is 29.3 Å². The lowest BCUT2D eigenvalue weighted by atomic mass is 10.1. The van der Waals surface area contributed by atoms with Crippen LogP contribution in [-0.4, -0.2) is 49.4 Å². The highest BCUT2D eigenvalue weighted by atomic mass is 16.5. The predicted molar refractivity (Wildman–Crippen MR) is 130 cm³/mol. The summed E-state index contributed by atoms with van der Waals surface area (Å²) in [6.45, 7) is -0.398. The number of benzene rings is 2. The molecule has 2 aromatic rings. The van der Waals surface area contributed by atoms with Crippen LogP contribution in [0.4, 0.5) is 5.69 Å². The first-order valence-corrected chi connectivity index (χ1v) is 12.0. The normalized spacial score (nSPS) is 18.9. The van der Waals surface area contributed by atoms with Crippen LogP contribution in [0.15, 0.2) is 48.5 Å². The number of carbonyl (C=O) groups excluding carboxylic acids is 4. The highest BCUT2D eigenvalue weighted by molar-refractivity contribution is 6.22. The summed E-state index contributed by atoms with van der Waals surface area (Å²) in [5.41, 5.74) is 1.05. The summed E-state index contributed by atoms with van der Waals surface area (Å²) in [6.07, 6.45) is 6.88. The van der Waals surface area contributed by atoms with E-state index in [9.17, 15) is 19.2 Å². The van der Waals surface area contributed by atoms with Gasteiger partial charge >= 0.3 is 5.97 Å². The van der Waals surface area contributed by atoms with E-state index in [1.54, 1.807) is 36.4 Å². The number of nitrogens with zero attached hydrogens (tertiary/aromatic N) is 1. The van der Waals surface area contributed by atoms with Crippen molar-refractivity contribution in [2.75, 3.05) is 18.6 Å². The number of anilines is 1. The minimum Gasteiger partial charge on any atom is -0.497 e. The van der Waals surface area contributed by atoms with Gasteiger partial charge < -0.3 is 14.8 Å². The van der Waals surface area contributed by atoms with Gasteiger partial charge in [-0.15, -0.1) is 0 Å². The van der Waals surface area contributed by atoms with E-state index in [0.29, 0.717) is 17.0 Å².